The molecule has 4 nitrogen and oxygen atoms in total. The topological polar surface area (TPSA) is 62.5 Å². The van der Waals surface area contributed by atoms with E-state index in [1.807, 2.05) is 6.92 Å². The molecule has 0 radical (unpaired) electrons. The molecule has 1 unspecified atom stereocenters. The predicted molar refractivity (Wildman–Crippen MR) is 64.1 cm³/mol. The van der Waals surface area contributed by atoms with Crippen molar-refractivity contribution >= 4 is 0 Å². The third-order valence-corrected chi connectivity index (χ3v) is 2.17. The van der Waals surface area contributed by atoms with Crippen molar-refractivity contribution in [2.45, 2.75) is 26.4 Å². The molecule has 0 aliphatic rings. The lowest BCUT2D eigenvalue weighted by molar-refractivity contribution is 0.153. The Balaban J connectivity index is 2.72. The molecule has 0 heterocycles. The molecule has 1 N–H and O–H groups in total. The number of aliphatic hydroxyl groups excluding tert-OH is 1. The minimum Gasteiger partial charge on any atom is -0.490 e. The first-order chi connectivity index (χ1) is 8.17. The molecule has 0 amide bonds. The van der Waals surface area contributed by atoms with Crippen LogP contribution in [0.4, 0.5) is 0 Å². The molecule has 0 saturated heterocycles. The molecule has 0 aliphatic carbocycles. The Morgan fingerprint density at radius 1 is 1.35 bits per heavy atom. The summed E-state index contributed by atoms with van der Waals surface area (Å²) in [4.78, 5) is 0. The summed E-state index contributed by atoms with van der Waals surface area (Å²) in [6.45, 7) is 4.52. The van der Waals surface area contributed by atoms with Gasteiger partial charge < -0.3 is 14.6 Å². The maximum Gasteiger partial charge on any atom is 0.162 e. The van der Waals surface area contributed by atoms with Gasteiger partial charge in [-0.2, -0.15) is 5.26 Å². The monoisotopic (exact) mass is 235 g/mol. The lowest BCUT2D eigenvalue weighted by Gasteiger charge is -2.12. The summed E-state index contributed by atoms with van der Waals surface area (Å²) in [7, 11) is 0. The predicted octanol–water partition coefficient (Wildman–Crippen LogP) is 2.11. The van der Waals surface area contributed by atoms with Gasteiger partial charge in [-0.15, -0.1) is 0 Å². The summed E-state index contributed by atoms with van der Waals surface area (Å²) < 4.78 is 10.9. The van der Waals surface area contributed by atoms with Crippen molar-refractivity contribution in [2.24, 2.45) is 0 Å². The maximum atomic E-state index is 9.13. The van der Waals surface area contributed by atoms with E-state index in [1.165, 1.54) is 0 Å². The average molecular weight is 235 g/mol. The van der Waals surface area contributed by atoms with Crippen molar-refractivity contribution in [3.05, 3.63) is 23.8 Å². The molecule has 0 aliphatic heterocycles. The number of ether oxygens (including phenoxy) is 2. The zero-order valence-corrected chi connectivity index (χ0v) is 10.1. The molecule has 0 spiro atoms. The van der Waals surface area contributed by atoms with Crippen molar-refractivity contribution in [1.29, 1.82) is 5.26 Å². The SMILES string of the molecule is CCOc1cc(C#N)ccc1OCCC(C)O. The molecule has 1 atom stereocenters. The third kappa shape index (κ3) is 4.33. The molecule has 92 valence electrons. The van der Waals surface area contributed by atoms with Crippen LogP contribution in [0.15, 0.2) is 18.2 Å². The number of hydrogen-bond donors (Lipinski definition) is 1. The van der Waals surface area contributed by atoms with Gasteiger partial charge in [0.25, 0.3) is 0 Å². The highest BCUT2D eigenvalue weighted by Gasteiger charge is 2.06. The summed E-state index contributed by atoms with van der Waals surface area (Å²) in [6.07, 6.45) is 0.176. The molecule has 0 aromatic heterocycles. The number of nitriles is 1. The number of benzene rings is 1. The van der Waals surface area contributed by atoms with Gasteiger partial charge >= 0.3 is 0 Å². The molecular formula is C13H17NO3. The van der Waals surface area contributed by atoms with Gasteiger partial charge in [0.05, 0.1) is 31.0 Å². The first kappa shape index (κ1) is 13.3. The number of hydrogen-bond acceptors (Lipinski definition) is 4. The van der Waals surface area contributed by atoms with Gasteiger partial charge in [-0.05, 0) is 26.0 Å². The summed E-state index contributed by atoms with van der Waals surface area (Å²) in [5.74, 6) is 1.17. The molecule has 17 heavy (non-hydrogen) atoms. The fourth-order valence-electron chi connectivity index (χ4n) is 1.30. The lowest BCUT2D eigenvalue weighted by atomic mass is 10.2. The standard InChI is InChI=1S/C13H17NO3/c1-3-16-13-8-11(9-14)4-5-12(13)17-7-6-10(2)15/h4-5,8,10,15H,3,6-7H2,1-2H3. The third-order valence-electron chi connectivity index (χ3n) is 2.17. The van der Waals surface area contributed by atoms with Gasteiger partial charge in [0.15, 0.2) is 11.5 Å². The summed E-state index contributed by atoms with van der Waals surface area (Å²) in [5, 5.41) is 17.9. The van der Waals surface area contributed by atoms with Gasteiger partial charge in [-0.3, -0.25) is 0 Å². The number of nitrogens with zero attached hydrogens (tertiary/aromatic N) is 1. The van der Waals surface area contributed by atoms with Crippen molar-refractivity contribution < 1.29 is 14.6 Å². The molecule has 0 fully saturated rings. The molecule has 0 bridgehead atoms. The molecule has 4 heteroatoms. The van der Waals surface area contributed by atoms with Gasteiger partial charge in [-0.25, -0.2) is 0 Å². The van der Waals surface area contributed by atoms with Crippen LogP contribution in [-0.4, -0.2) is 24.4 Å². The minimum atomic E-state index is -0.385. The van der Waals surface area contributed by atoms with Gasteiger partial charge in [0.1, 0.15) is 0 Å². The molecule has 1 aromatic rings. The largest absolute Gasteiger partial charge is 0.490 e. The average Bonchev–Trinajstić information content (AvgIpc) is 2.31. The van der Waals surface area contributed by atoms with Crippen LogP contribution in [0.5, 0.6) is 11.5 Å². The Labute approximate surface area is 101 Å². The Bertz CT molecular complexity index is 396. The van der Waals surface area contributed by atoms with Gasteiger partial charge in [0, 0.05) is 12.5 Å². The fourth-order valence-corrected chi connectivity index (χ4v) is 1.30. The van der Waals surface area contributed by atoms with E-state index in [0.29, 0.717) is 36.7 Å². The van der Waals surface area contributed by atoms with Crippen LogP contribution in [0.3, 0.4) is 0 Å². The highest BCUT2D eigenvalue weighted by molar-refractivity contribution is 5.46. The Kier molecular flexibility index (Phi) is 5.31. The van der Waals surface area contributed by atoms with E-state index in [4.69, 9.17) is 19.8 Å². The summed E-state index contributed by atoms with van der Waals surface area (Å²) >= 11 is 0. The summed E-state index contributed by atoms with van der Waals surface area (Å²) in [6, 6.07) is 7.10. The molecule has 1 aromatic carbocycles. The Morgan fingerprint density at radius 2 is 2.12 bits per heavy atom. The van der Waals surface area contributed by atoms with E-state index < -0.39 is 0 Å². The summed E-state index contributed by atoms with van der Waals surface area (Å²) in [5.41, 5.74) is 0.538. The van der Waals surface area contributed by atoms with Gasteiger partial charge in [-0.1, -0.05) is 0 Å². The highest BCUT2D eigenvalue weighted by atomic mass is 16.5. The fraction of sp³-hybridized carbons (Fsp3) is 0.462. The smallest absolute Gasteiger partial charge is 0.162 e. The van der Waals surface area contributed by atoms with Crippen LogP contribution in [0.1, 0.15) is 25.8 Å². The normalized spacial score (nSPS) is 11.6. The van der Waals surface area contributed by atoms with Crippen molar-refractivity contribution in [2.75, 3.05) is 13.2 Å². The quantitative estimate of drug-likeness (QED) is 0.820. The molecule has 0 saturated carbocycles. The number of aliphatic hydroxyl groups is 1. The zero-order valence-electron chi connectivity index (χ0n) is 10.1. The van der Waals surface area contributed by atoms with Crippen molar-refractivity contribution in [3.63, 3.8) is 0 Å². The number of rotatable bonds is 6. The Hall–Kier alpha value is -1.73. The van der Waals surface area contributed by atoms with E-state index in [1.54, 1.807) is 25.1 Å². The van der Waals surface area contributed by atoms with Crippen molar-refractivity contribution in [3.8, 4) is 17.6 Å². The van der Waals surface area contributed by atoms with Crippen LogP contribution in [0.2, 0.25) is 0 Å². The lowest BCUT2D eigenvalue weighted by Crippen LogP contribution is -2.08. The van der Waals surface area contributed by atoms with Crippen LogP contribution in [0, 0.1) is 11.3 Å². The van der Waals surface area contributed by atoms with Crippen molar-refractivity contribution in [1.82, 2.24) is 0 Å². The maximum absolute atomic E-state index is 9.13. The second kappa shape index (κ2) is 6.77. The van der Waals surface area contributed by atoms with E-state index in [0.717, 1.165) is 0 Å². The van der Waals surface area contributed by atoms with Crippen LogP contribution in [0.25, 0.3) is 0 Å². The van der Waals surface area contributed by atoms with E-state index in [2.05, 4.69) is 6.07 Å². The highest BCUT2D eigenvalue weighted by Crippen LogP contribution is 2.28. The van der Waals surface area contributed by atoms with Crippen LogP contribution < -0.4 is 9.47 Å². The zero-order chi connectivity index (χ0) is 12.7. The van der Waals surface area contributed by atoms with E-state index in [-0.39, 0.29) is 6.10 Å². The second-order valence-electron chi connectivity index (χ2n) is 3.69. The van der Waals surface area contributed by atoms with Gasteiger partial charge in [0.2, 0.25) is 0 Å². The molecule has 1 rings (SSSR count). The van der Waals surface area contributed by atoms with Crippen LogP contribution >= 0.6 is 0 Å². The second-order valence-corrected chi connectivity index (χ2v) is 3.69. The Morgan fingerprint density at radius 3 is 2.71 bits per heavy atom. The van der Waals surface area contributed by atoms with E-state index in [9.17, 15) is 0 Å². The first-order valence-electron chi connectivity index (χ1n) is 5.65. The van der Waals surface area contributed by atoms with E-state index >= 15 is 0 Å². The molecular weight excluding hydrogens is 218 g/mol. The minimum absolute atomic E-state index is 0.385. The first-order valence-corrected chi connectivity index (χ1v) is 5.65. The van der Waals surface area contributed by atoms with Crippen LogP contribution in [-0.2, 0) is 0 Å².